The second-order valence-corrected chi connectivity index (χ2v) is 4.61. The monoisotopic (exact) mass is 285 g/mol. The molecule has 2 aromatic rings. The molecule has 21 heavy (non-hydrogen) atoms. The van der Waals surface area contributed by atoms with Crippen LogP contribution >= 0.6 is 0 Å². The number of nitrogens with one attached hydrogen (secondary N) is 1. The minimum absolute atomic E-state index is 0.175. The summed E-state index contributed by atoms with van der Waals surface area (Å²) < 4.78 is 5.64. The van der Waals surface area contributed by atoms with E-state index in [0.29, 0.717) is 25.5 Å². The third-order valence-electron chi connectivity index (χ3n) is 3.26. The van der Waals surface area contributed by atoms with E-state index in [4.69, 9.17) is 10.6 Å². The summed E-state index contributed by atoms with van der Waals surface area (Å²) in [5, 5.41) is 0. The average Bonchev–Trinajstić information content (AvgIpc) is 2.76. The van der Waals surface area contributed by atoms with Gasteiger partial charge in [-0.1, -0.05) is 18.2 Å². The van der Waals surface area contributed by atoms with Gasteiger partial charge in [0, 0.05) is 12.1 Å². The molecule has 1 aliphatic heterocycles. The van der Waals surface area contributed by atoms with Gasteiger partial charge in [0.25, 0.3) is 5.91 Å². The number of fused-ring (bicyclic) bond motifs is 1. The molecule has 1 aliphatic rings. The predicted molar refractivity (Wildman–Crippen MR) is 76.5 cm³/mol. The van der Waals surface area contributed by atoms with E-state index in [9.17, 15) is 4.79 Å². The lowest BCUT2D eigenvalue weighted by Crippen LogP contribution is -2.33. The van der Waals surface area contributed by atoms with Crippen LogP contribution in [0.2, 0.25) is 0 Å². The van der Waals surface area contributed by atoms with E-state index in [1.54, 1.807) is 4.90 Å². The summed E-state index contributed by atoms with van der Waals surface area (Å²) in [6.45, 7) is 1.46. The van der Waals surface area contributed by atoms with Crippen LogP contribution in [0.25, 0.3) is 0 Å². The van der Waals surface area contributed by atoms with Crippen LogP contribution in [-0.2, 0) is 6.54 Å². The lowest BCUT2D eigenvalue weighted by Gasteiger charge is -2.19. The average molecular weight is 285 g/mol. The highest BCUT2D eigenvalue weighted by atomic mass is 16.5. The Bertz CT molecular complexity index is 644. The van der Waals surface area contributed by atoms with Crippen LogP contribution in [0.3, 0.4) is 0 Å². The number of rotatable bonds is 2. The number of nitrogen functional groups attached to an aromatic ring is 1. The van der Waals surface area contributed by atoms with Crippen molar-refractivity contribution >= 4 is 11.7 Å². The maximum Gasteiger partial charge on any atom is 0.274 e. The summed E-state index contributed by atoms with van der Waals surface area (Å²) in [6, 6.07) is 7.71. The molecule has 0 fully saturated rings. The van der Waals surface area contributed by atoms with Crippen molar-refractivity contribution in [3.63, 3.8) is 0 Å². The van der Waals surface area contributed by atoms with Crippen LogP contribution in [0.15, 0.2) is 36.7 Å². The van der Waals surface area contributed by atoms with Crippen molar-refractivity contribution in [1.82, 2.24) is 14.9 Å². The number of nitrogens with zero attached hydrogens (tertiary/aromatic N) is 3. The third kappa shape index (κ3) is 2.77. The number of anilines is 1. The zero-order valence-electron chi connectivity index (χ0n) is 11.3. The first kappa shape index (κ1) is 13.3. The number of hydrogen-bond acceptors (Lipinski definition) is 6. The maximum absolute atomic E-state index is 12.5. The van der Waals surface area contributed by atoms with Gasteiger partial charge in [-0.15, -0.1) is 0 Å². The fraction of sp³-hybridized carbons (Fsp3) is 0.214. The summed E-state index contributed by atoms with van der Waals surface area (Å²) in [5.41, 5.74) is 3.65. The smallest absolute Gasteiger partial charge is 0.274 e. The molecule has 0 radical (unpaired) electrons. The molecule has 0 bridgehead atoms. The zero-order chi connectivity index (χ0) is 14.7. The molecule has 1 aromatic heterocycles. The first-order chi connectivity index (χ1) is 10.3. The highest BCUT2D eigenvalue weighted by molar-refractivity contribution is 5.92. The van der Waals surface area contributed by atoms with Crippen molar-refractivity contribution < 1.29 is 9.53 Å². The highest BCUT2D eigenvalue weighted by Gasteiger charge is 2.21. The van der Waals surface area contributed by atoms with Gasteiger partial charge in [0.15, 0.2) is 5.82 Å². The van der Waals surface area contributed by atoms with E-state index < -0.39 is 0 Å². The molecule has 3 rings (SSSR count). The zero-order valence-corrected chi connectivity index (χ0v) is 11.3. The van der Waals surface area contributed by atoms with Crippen molar-refractivity contribution in [2.24, 2.45) is 5.84 Å². The van der Waals surface area contributed by atoms with Gasteiger partial charge in [-0.2, -0.15) is 0 Å². The number of aromatic nitrogens is 2. The van der Waals surface area contributed by atoms with Gasteiger partial charge >= 0.3 is 0 Å². The Morgan fingerprint density at radius 2 is 2.14 bits per heavy atom. The summed E-state index contributed by atoms with van der Waals surface area (Å²) in [6.07, 6.45) is 2.84. The van der Waals surface area contributed by atoms with Crippen molar-refractivity contribution in [2.75, 3.05) is 18.6 Å². The number of hydrogen-bond donors (Lipinski definition) is 2. The molecule has 1 aromatic carbocycles. The van der Waals surface area contributed by atoms with Crippen LogP contribution in [-0.4, -0.2) is 33.9 Å². The molecule has 7 heteroatoms. The minimum atomic E-state index is -0.175. The van der Waals surface area contributed by atoms with E-state index in [0.717, 1.165) is 11.3 Å². The molecular formula is C14H15N5O2. The third-order valence-corrected chi connectivity index (χ3v) is 3.26. The fourth-order valence-corrected chi connectivity index (χ4v) is 2.17. The van der Waals surface area contributed by atoms with E-state index in [-0.39, 0.29) is 11.6 Å². The minimum Gasteiger partial charge on any atom is -0.491 e. The quantitative estimate of drug-likeness (QED) is 0.626. The molecule has 1 amide bonds. The van der Waals surface area contributed by atoms with Crippen LogP contribution in [0.5, 0.6) is 5.75 Å². The number of carbonyl (C=O) groups is 1. The second-order valence-electron chi connectivity index (χ2n) is 4.61. The Balaban J connectivity index is 1.81. The molecule has 0 unspecified atom stereocenters. The SMILES string of the molecule is NNc1cnc(C(=O)N2CCOc3ccccc3C2)cn1. The number of hydrazine groups is 1. The van der Waals surface area contributed by atoms with E-state index >= 15 is 0 Å². The van der Waals surface area contributed by atoms with Crippen molar-refractivity contribution in [2.45, 2.75) is 6.54 Å². The van der Waals surface area contributed by atoms with E-state index in [2.05, 4.69) is 15.4 Å². The first-order valence-corrected chi connectivity index (χ1v) is 6.56. The largest absolute Gasteiger partial charge is 0.491 e. The normalized spacial score (nSPS) is 13.9. The van der Waals surface area contributed by atoms with Gasteiger partial charge in [-0.05, 0) is 6.07 Å². The summed E-state index contributed by atoms with van der Waals surface area (Å²) >= 11 is 0. The molecule has 108 valence electrons. The van der Waals surface area contributed by atoms with Gasteiger partial charge in [0.1, 0.15) is 18.1 Å². The summed E-state index contributed by atoms with van der Waals surface area (Å²) in [5.74, 6) is 6.29. The van der Waals surface area contributed by atoms with Crippen LogP contribution in [0, 0.1) is 0 Å². The lowest BCUT2D eigenvalue weighted by molar-refractivity contribution is 0.0727. The number of amides is 1. The van der Waals surface area contributed by atoms with Crippen LogP contribution in [0.4, 0.5) is 5.82 Å². The molecule has 3 N–H and O–H groups in total. The first-order valence-electron chi connectivity index (χ1n) is 6.56. The number of carbonyl (C=O) groups excluding carboxylic acids is 1. The van der Waals surface area contributed by atoms with Crippen molar-refractivity contribution in [1.29, 1.82) is 0 Å². The predicted octanol–water partition coefficient (Wildman–Crippen LogP) is 0.797. The molecule has 7 nitrogen and oxygen atoms in total. The standard InChI is InChI=1S/C14H15N5O2/c15-18-13-8-16-11(7-17-13)14(20)19-5-6-21-12-4-2-1-3-10(12)9-19/h1-4,7-8H,5-6,9,15H2,(H,17,18). The van der Waals surface area contributed by atoms with Crippen LogP contribution < -0.4 is 16.0 Å². The molecule has 2 heterocycles. The summed E-state index contributed by atoms with van der Waals surface area (Å²) in [7, 11) is 0. The number of ether oxygens (including phenoxy) is 1. The molecule has 0 atom stereocenters. The molecule has 0 aliphatic carbocycles. The topological polar surface area (TPSA) is 93.4 Å². The Labute approximate surface area is 121 Å². The highest BCUT2D eigenvalue weighted by Crippen LogP contribution is 2.23. The lowest BCUT2D eigenvalue weighted by atomic mass is 10.2. The Morgan fingerprint density at radius 1 is 1.29 bits per heavy atom. The van der Waals surface area contributed by atoms with Gasteiger partial charge < -0.3 is 15.1 Å². The van der Waals surface area contributed by atoms with Crippen molar-refractivity contribution in [3.8, 4) is 5.75 Å². The van der Waals surface area contributed by atoms with Gasteiger partial charge in [-0.25, -0.2) is 15.8 Å². The number of nitrogens with two attached hydrogens (primary N) is 1. The summed E-state index contributed by atoms with van der Waals surface area (Å²) in [4.78, 5) is 22.3. The van der Waals surface area contributed by atoms with E-state index in [1.165, 1.54) is 12.4 Å². The molecule has 0 saturated carbocycles. The number of benzene rings is 1. The van der Waals surface area contributed by atoms with Gasteiger partial charge in [-0.3, -0.25) is 4.79 Å². The van der Waals surface area contributed by atoms with Gasteiger partial charge in [0.2, 0.25) is 0 Å². The van der Waals surface area contributed by atoms with E-state index in [1.807, 2.05) is 24.3 Å². The maximum atomic E-state index is 12.5. The molecule has 0 spiro atoms. The Morgan fingerprint density at radius 3 is 2.90 bits per heavy atom. The van der Waals surface area contributed by atoms with Crippen LogP contribution in [0.1, 0.15) is 16.1 Å². The molecular weight excluding hydrogens is 270 g/mol. The Kier molecular flexibility index (Phi) is 3.65. The second kappa shape index (κ2) is 5.76. The Hall–Kier alpha value is -2.67. The van der Waals surface area contributed by atoms with Crippen molar-refractivity contribution in [3.05, 3.63) is 47.9 Å². The fourth-order valence-electron chi connectivity index (χ4n) is 2.17. The van der Waals surface area contributed by atoms with Gasteiger partial charge in [0.05, 0.1) is 18.9 Å². The number of para-hydroxylation sites is 1. The molecule has 0 saturated heterocycles.